The lowest BCUT2D eigenvalue weighted by Gasteiger charge is -1.99. The maximum Gasteiger partial charge on any atom is 0.232 e. The predicted molar refractivity (Wildman–Crippen MR) is 93.0 cm³/mol. The van der Waals surface area contributed by atoms with E-state index in [2.05, 4.69) is 20.5 Å². The molecule has 0 aliphatic heterocycles. The number of nitrogens with one attached hydrogen (secondary N) is 1. The molecule has 2 aromatic heterocycles. The van der Waals surface area contributed by atoms with Gasteiger partial charge in [-0.3, -0.25) is 4.79 Å². The van der Waals surface area contributed by atoms with E-state index < -0.39 is 0 Å². The van der Waals surface area contributed by atoms with Gasteiger partial charge in [-0.1, -0.05) is 43.4 Å². The summed E-state index contributed by atoms with van der Waals surface area (Å²) in [4.78, 5) is 16.6. The Bertz CT molecular complexity index is 839. The van der Waals surface area contributed by atoms with E-state index in [-0.39, 0.29) is 12.3 Å². The summed E-state index contributed by atoms with van der Waals surface area (Å²) >= 11 is 1.39. The highest BCUT2D eigenvalue weighted by Crippen LogP contribution is 2.24. The van der Waals surface area contributed by atoms with Crippen LogP contribution >= 0.6 is 11.3 Å². The van der Waals surface area contributed by atoms with Crippen molar-refractivity contribution in [2.24, 2.45) is 0 Å². The first-order chi connectivity index (χ1) is 11.5. The van der Waals surface area contributed by atoms with E-state index in [1.165, 1.54) is 11.3 Å². The summed E-state index contributed by atoms with van der Waals surface area (Å²) < 4.78 is 5.67. The van der Waals surface area contributed by atoms with E-state index in [0.717, 1.165) is 10.6 Å². The highest BCUT2D eigenvalue weighted by Gasteiger charge is 2.16. The van der Waals surface area contributed by atoms with Crippen molar-refractivity contribution >= 4 is 22.4 Å². The molecule has 7 heteroatoms. The molecule has 3 aromatic rings. The van der Waals surface area contributed by atoms with Crippen molar-refractivity contribution in [2.75, 3.05) is 5.32 Å². The molecule has 0 aliphatic rings. The molecule has 24 heavy (non-hydrogen) atoms. The molecule has 0 fully saturated rings. The van der Waals surface area contributed by atoms with Crippen molar-refractivity contribution in [1.29, 1.82) is 0 Å². The molecule has 3 rings (SSSR count). The Kier molecular flexibility index (Phi) is 4.71. The molecule has 1 aromatic carbocycles. The summed E-state index contributed by atoms with van der Waals surface area (Å²) in [7, 11) is 0. The first-order valence-electron chi connectivity index (χ1n) is 7.68. The first-order valence-corrected chi connectivity index (χ1v) is 8.49. The second kappa shape index (κ2) is 6.92. The molecule has 0 saturated heterocycles. The molecular formula is C17H18N4O2S. The maximum absolute atomic E-state index is 12.2. The van der Waals surface area contributed by atoms with E-state index in [0.29, 0.717) is 28.4 Å². The molecule has 6 nitrogen and oxygen atoms in total. The number of amides is 1. The molecular weight excluding hydrogens is 324 g/mol. The van der Waals surface area contributed by atoms with Gasteiger partial charge in [-0.2, -0.15) is 0 Å². The number of carbonyl (C=O) groups is 1. The van der Waals surface area contributed by atoms with Gasteiger partial charge in [-0.25, -0.2) is 4.98 Å². The third kappa shape index (κ3) is 3.68. The minimum absolute atomic E-state index is 0.138. The summed E-state index contributed by atoms with van der Waals surface area (Å²) in [6.45, 7) is 5.88. The minimum Gasteiger partial charge on any atom is -0.441 e. The zero-order valence-electron chi connectivity index (χ0n) is 13.7. The lowest BCUT2D eigenvalue weighted by Crippen LogP contribution is -2.15. The Morgan fingerprint density at radius 1 is 1.25 bits per heavy atom. The van der Waals surface area contributed by atoms with Crippen LogP contribution in [-0.2, 0) is 11.2 Å². The summed E-state index contributed by atoms with van der Waals surface area (Å²) in [6, 6.07) is 9.61. The van der Waals surface area contributed by atoms with E-state index >= 15 is 0 Å². The van der Waals surface area contributed by atoms with Crippen LogP contribution in [0.2, 0.25) is 0 Å². The van der Waals surface area contributed by atoms with Gasteiger partial charge in [0.05, 0.1) is 12.1 Å². The van der Waals surface area contributed by atoms with Crippen LogP contribution in [0.3, 0.4) is 0 Å². The highest BCUT2D eigenvalue weighted by molar-refractivity contribution is 7.15. The lowest BCUT2D eigenvalue weighted by molar-refractivity contribution is -0.115. The number of oxazole rings is 1. The quantitative estimate of drug-likeness (QED) is 0.762. The Morgan fingerprint density at radius 3 is 2.67 bits per heavy atom. The van der Waals surface area contributed by atoms with Gasteiger partial charge in [0.25, 0.3) is 0 Å². The topological polar surface area (TPSA) is 80.9 Å². The van der Waals surface area contributed by atoms with Crippen LogP contribution in [0.25, 0.3) is 11.5 Å². The van der Waals surface area contributed by atoms with Gasteiger partial charge >= 0.3 is 0 Å². The van der Waals surface area contributed by atoms with Crippen molar-refractivity contribution in [3.8, 4) is 11.5 Å². The van der Waals surface area contributed by atoms with E-state index in [1.807, 2.05) is 51.1 Å². The van der Waals surface area contributed by atoms with Crippen LogP contribution in [0, 0.1) is 6.92 Å². The average molecular weight is 342 g/mol. The average Bonchev–Trinajstić information content (AvgIpc) is 3.16. The summed E-state index contributed by atoms with van der Waals surface area (Å²) in [5.41, 5.74) is 1.51. The van der Waals surface area contributed by atoms with Crippen molar-refractivity contribution in [1.82, 2.24) is 15.2 Å². The number of hydrogen-bond acceptors (Lipinski definition) is 6. The van der Waals surface area contributed by atoms with Crippen molar-refractivity contribution in [2.45, 2.75) is 33.1 Å². The molecule has 0 unspecified atom stereocenters. The van der Waals surface area contributed by atoms with Crippen molar-refractivity contribution in [3.63, 3.8) is 0 Å². The minimum atomic E-state index is -0.183. The van der Waals surface area contributed by atoms with Crippen LogP contribution in [0.1, 0.15) is 36.2 Å². The first kappa shape index (κ1) is 16.3. The molecule has 0 atom stereocenters. The molecule has 0 spiro atoms. The van der Waals surface area contributed by atoms with Crippen molar-refractivity contribution < 1.29 is 9.21 Å². The molecule has 0 radical (unpaired) electrons. The summed E-state index contributed by atoms with van der Waals surface area (Å²) in [6.07, 6.45) is 0.138. The number of carbonyl (C=O) groups excluding carboxylic acids is 1. The van der Waals surface area contributed by atoms with Crippen LogP contribution < -0.4 is 5.32 Å². The molecule has 0 aliphatic carbocycles. The van der Waals surface area contributed by atoms with Gasteiger partial charge < -0.3 is 9.73 Å². The van der Waals surface area contributed by atoms with E-state index in [9.17, 15) is 4.79 Å². The Morgan fingerprint density at radius 2 is 2.00 bits per heavy atom. The molecule has 0 bridgehead atoms. The molecule has 2 heterocycles. The second-order valence-corrected chi connectivity index (χ2v) is 6.72. The number of benzene rings is 1. The Labute approximate surface area is 144 Å². The summed E-state index contributed by atoms with van der Waals surface area (Å²) in [5, 5.41) is 12.2. The maximum atomic E-state index is 12.2. The molecule has 1 amide bonds. The fraction of sp³-hybridized carbons (Fsp3) is 0.294. The van der Waals surface area contributed by atoms with Gasteiger partial charge in [0.1, 0.15) is 10.8 Å². The number of rotatable bonds is 5. The lowest BCUT2D eigenvalue weighted by atomic mass is 10.2. The van der Waals surface area contributed by atoms with Gasteiger partial charge in [0, 0.05) is 11.5 Å². The SMILES string of the molecule is Cc1oc(-c2ccccc2)nc1CC(=O)Nc1nnc(C(C)C)s1. The van der Waals surface area contributed by atoms with Crippen LogP contribution in [0.4, 0.5) is 5.13 Å². The van der Waals surface area contributed by atoms with E-state index in [4.69, 9.17) is 4.42 Å². The zero-order chi connectivity index (χ0) is 17.1. The van der Waals surface area contributed by atoms with Crippen LogP contribution in [-0.4, -0.2) is 21.1 Å². The number of aryl methyl sites for hydroxylation is 1. The third-order valence-electron chi connectivity index (χ3n) is 3.42. The van der Waals surface area contributed by atoms with Gasteiger partial charge in [0.15, 0.2) is 0 Å². The number of hydrogen-bond donors (Lipinski definition) is 1. The third-order valence-corrected chi connectivity index (χ3v) is 4.56. The predicted octanol–water partition coefficient (Wildman–Crippen LogP) is 3.81. The van der Waals surface area contributed by atoms with Gasteiger partial charge in [0.2, 0.25) is 16.9 Å². The van der Waals surface area contributed by atoms with Crippen LogP contribution in [0.5, 0.6) is 0 Å². The number of aromatic nitrogens is 3. The normalized spacial score (nSPS) is 11.0. The van der Waals surface area contributed by atoms with Crippen LogP contribution in [0.15, 0.2) is 34.7 Å². The standard InChI is InChI=1S/C17H18N4O2S/c1-10(2)16-20-21-17(24-16)19-14(22)9-13-11(3)23-15(18-13)12-7-5-4-6-8-12/h4-8,10H,9H2,1-3H3,(H,19,21,22). The number of anilines is 1. The second-order valence-electron chi connectivity index (χ2n) is 5.71. The highest BCUT2D eigenvalue weighted by atomic mass is 32.1. The summed E-state index contributed by atoms with van der Waals surface area (Å²) in [5.74, 6) is 1.27. The smallest absolute Gasteiger partial charge is 0.232 e. The molecule has 124 valence electrons. The fourth-order valence-electron chi connectivity index (χ4n) is 2.13. The fourth-order valence-corrected chi connectivity index (χ4v) is 2.89. The largest absolute Gasteiger partial charge is 0.441 e. The number of nitrogens with zero attached hydrogens (tertiary/aromatic N) is 3. The monoisotopic (exact) mass is 342 g/mol. The molecule has 1 N–H and O–H groups in total. The Balaban J connectivity index is 1.69. The van der Waals surface area contributed by atoms with Crippen molar-refractivity contribution in [3.05, 3.63) is 46.8 Å². The Hall–Kier alpha value is -2.54. The van der Waals surface area contributed by atoms with Gasteiger partial charge in [-0.15, -0.1) is 10.2 Å². The van der Waals surface area contributed by atoms with Gasteiger partial charge in [-0.05, 0) is 19.1 Å². The molecule has 0 saturated carbocycles. The van der Waals surface area contributed by atoms with E-state index in [1.54, 1.807) is 0 Å². The zero-order valence-corrected chi connectivity index (χ0v) is 14.6.